The number of piperidine rings is 2. The lowest BCUT2D eigenvalue weighted by Gasteiger charge is -2.39. The molecule has 64 heavy (non-hydrogen) atoms. The fourth-order valence-corrected chi connectivity index (χ4v) is 10.6. The minimum atomic E-state index is -2.87. The number of nitrogens with zero attached hydrogens (tertiary/aromatic N) is 10. The van der Waals surface area contributed by atoms with Gasteiger partial charge in [-0.1, -0.05) is 12.1 Å². The lowest BCUT2D eigenvalue weighted by atomic mass is 9.85. The van der Waals surface area contributed by atoms with E-state index >= 15 is 0 Å². The monoisotopic (exact) mass is 881 g/mol. The van der Waals surface area contributed by atoms with Crippen LogP contribution in [0.15, 0.2) is 42.9 Å². The number of carbonyl (C=O) groups is 4. The zero-order valence-corrected chi connectivity index (χ0v) is 36.0. The Balaban J connectivity index is 0.697. The third-order valence-electron chi connectivity index (χ3n) is 14.0. The van der Waals surface area contributed by atoms with Crippen molar-refractivity contribution in [1.29, 1.82) is 0 Å². The largest absolute Gasteiger partial charge is 0.374 e. The standard InChI is InChI=1S/C44H53F2N13O5/c1-54(26-12-15-56(16-13-26)23-37(61)48-33-5-3-4-30-38(52-55(2)40(30)33)31-10-11-36(60)51-43(31)62)20-25-6-8-27(9-7-25)59-22-34(39(53-59)41(45)46)49-44(63)32-19-47-58-17-14-35(50-42(32)58)57-21-29-18-28(57)24-64-29/h3-5,14,17,19,22,25-29,31,41H,6-13,15-16,18,20-21,23-24H2,1-2H3,(H,48,61)(H,49,63)(H,51,60,62)/t25?,27?,28-,29-,31?/m1/s1. The summed E-state index contributed by atoms with van der Waals surface area (Å²) in [4.78, 5) is 62.8. The summed E-state index contributed by atoms with van der Waals surface area (Å²) in [6, 6.07) is 8.00. The van der Waals surface area contributed by atoms with E-state index in [1.54, 1.807) is 22.6 Å². The molecule has 5 aromatic rings. The number of ether oxygens (including phenoxy) is 1. The average molecular weight is 882 g/mol. The lowest BCUT2D eigenvalue weighted by molar-refractivity contribution is -0.134. The van der Waals surface area contributed by atoms with Gasteiger partial charge in [0.2, 0.25) is 17.7 Å². The van der Waals surface area contributed by atoms with Crippen molar-refractivity contribution in [2.24, 2.45) is 13.0 Å². The van der Waals surface area contributed by atoms with E-state index in [2.05, 4.69) is 53.0 Å². The Hall–Kier alpha value is -5.86. The third-order valence-corrected chi connectivity index (χ3v) is 14.0. The van der Waals surface area contributed by atoms with Crippen LogP contribution in [0.5, 0.6) is 0 Å². The van der Waals surface area contributed by atoms with Crippen LogP contribution in [0.4, 0.5) is 26.0 Å². The molecule has 4 aliphatic heterocycles. The van der Waals surface area contributed by atoms with Gasteiger partial charge in [-0.15, -0.1) is 0 Å². The number of carbonyl (C=O) groups excluding carboxylic acids is 4. The van der Waals surface area contributed by atoms with Gasteiger partial charge in [-0.2, -0.15) is 15.3 Å². The van der Waals surface area contributed by atoms with E-state index in [-0.39, 0.29) is 60.1 Å². The molecule has 20 heteroatoms. The molecule has 3 atom stereocenters. The first-order valence-corrected chi connectivity index (χ1v) is 22.4. The second-order valence-corrected chi connectivity index (χ2v) is 18.2. The Morgan fingerprint density at radius 1 is 1.00 bits per heavy atom. The van der Waals surface area contributed by atoms with Crippen LogP contribution in [0.3, 0.4) is 0 Å². The molecular formula is C44H53F2N13O5. The highest BCUT2D eigenvalue weighted by molar-refractivity contribution is 6.08. The number of imide groups is 1. The van der Waals surface area contributed by atoms with Crippen molar-refractivity contribution in [2.45, 2.75) is 94.4 Å². The number of alkyl halides is 2. The lowest BCUT2D eigenvalue weighted by Crippen LogP contribution is -2.46. The highest BCUT2D eigenvalue weighted by Gasteiger charge is 2.40. The topological polar surface area (TPSA) is 189 Å². The number of para-hydroxylation sites is 1. The van der Waals surface area contributed by atoms with Crippen molar-refractivity contribution < 1.29 is 32.7 Å². The van der Waals surface area contributed by atoms with Crippen LogP contribution in [0.25, 0.3) is 16.6 Å². The normalized spacial score (nSPS) is 24.4. The van der Waals surface area contributed by atoms with Gasteiger partial charge in [-0.3, -0.25) is 38.8 Å². The zero-order chi connectivity index (χ0) is 44.2. The van der Waals surface area contributed by atoms with Crippen LogP contribution in [0.2, 0.25) is 0 Å². The molecule has 4 aromatic heterocycles. The smallest absolute Gasteiger partial charge is 0.284 e. The highest BCUT2D eigenvalue weighted by atomic mass is 19.3. The van der Waals surface area contributed by atoms with Crippen molar-refractivity contribution in [3.05, 3.63) is 59.8 Å². The van der Waals surface area contributed by atoms with Crippen LogP contribution in [-0.2, 0) is 26.2 Å². The number of rotatable bonds is 12. The maximum Gasteiger partial charge on any atom is 0.284 e. The van der Waals surface area contributed by atoms with Gasteiger partial charge in [0, 0.05) is 63.5 Å². The van der Waals surface area contributed by atoms with Crippen molar-refractivity contribution in [1.82, 2.24) is 49.3 Å². The Morgan fingerprint density at radius 2 is 1.81 bits per heavy atom. The molecule has 1 aliphatic carbocycles. The quantitative estimate of drug-likeness (QED) is 0.151. The summed E-state index contributed by atoms with van der Waals surface area (Å²) >= 11 is 0. The Labute approximate surface area is 367 Å². The molecule has 18 nitrogen and oxygen atoms in total. The third kappa shape index (κ3) is 8.22. The minimum absolute atomic E-state index is 0.0124. The van der Waals surface area contributed by atoms with Crippen molar-refractivity contribution in [2.75, 3.05) is 61.9 Å². The van der Waals surface area contributed by atoms with Crippen LogP contribution in [0, 0.1) is 5.92 Å². The predicted molar refractivity (Wildman–Crippen MR) is 231 cm³/mol. The Kier molecular flexibility index (Phi) is 11.4. The summed E-state index contributed by atoms with van der Waals surface area (Å²) in [7, 11) is 3.95. The number of hydrogen-bond acceptors (Lipinski definition) is 12. The van der Waals surface area contributed by atoms with Gasteiger partial charge in [-0.05, 0) is 76.5 Å². The number of halogens is 2. The molecule has 10 rings (SSSR count). The molecule has 1 unspecified atom stereocenters. The molecular weight excluding hydrogens is 829 g/mol. The maximum atomic E-state index is 14.3. The van der Waals surface area contributed by atoms with E-state index in [9.17, 15) is 28.0 Å². The number of anilines is 3. The van der Waals surface area contributed by atoms with E-state index in [1.165, 1.54) is 16.9 Å². The summed E-state index contributed by atoms with van der Waals surface area (Å²) in [5, 5.41) is 22.2. The summed E-state index contributed by atoms with van der Waals surface area (Å²) in [5.41, 5.74) is 2.03. The number of benzene rings is 1. The molecule has 0 spiro atoms. The number of aromatic nitrogens is 7. The molecule has 4 saturated heterocycles. The summed E-state index contributed by atoms with van der Waals surface area (Å²) < 4.78 is 39.2. The van der Waals surface area contributed by atoms with Gasteiger partial charge in [0.25, 0.3) is 12.3 Å². The van der Waals surface area contributed by atoms with Crippen LogP contribution in [-0.4, -0.2) is 132 Å². The van der Waals surface area contributed by atoms with E-state index in [4.69, 9.17) is 9.72 Å². The van der Waals surface area contributed by atoms with Crippen LogP contribution in [0.1, 0.15) is 97.9 Å². The molecule has 5 aliphatic rings. The number of fused-ring (bicyclic) bond motifs is 4. The number of amides is 4. The van der Waals surface area contributed by atoms with Gasteiger partial charge in [-0.25, -0.2) is 18.3 Å². The molecule has 5 fully saturated rings. The van der Waals surface area contributed by atoms with Crippen molar-refractivity contribution in [3.8, 4) is 0 Å². The molecule has 4 amide bonds. The molecule has 0 radical (unpaired) electrons. The minimum Gasteiger partial charge on any atom is -0.374 e. The first kappa shape index (κ1) is 42.1. The van der Waals surface area contributed by atoms with E-state index in [1.807, 2.05) is 24.3 Å². The number of nitrogens with one attached hydrogen (secondary N) is 3. The summed E-state index contributed by atoms with van der Waals surface area (Å²) in [6.07, 6.45) is 8.91. The number of aryl methyl sites for hydroxylation is 1. The molecule has 338 valence electrons. The van der Waals surface area contributed by atoms with Crippen molar-refractivity contribution >= 4 is 57.4 Å². The van der Waals surface area contributed by atoms with E-state index in [0.29, 0.717) is 42.0 Å². The molecule has 2 bridgehead atoms. The molecule has 1 saturated carbocycles. The fraction of sp³-hybridized carbons (Fsp3) is 0.545. The second kappa shape index (κ2) is 17.3. The average Bonchev–Trinajstić information content (AvgIpc) is 4.14. The van der Waals surface area contributed by atoms with Gasteiger partial charge in [0.05, 0.1) is 66.0 Å². The fourth-order valence-electron chi connectivity index (χ4n) is 10.6. The van der Waals surface area contributed by atoms with Gasteiger partial charge in [0.1, 0.15) is 11.4 Å². The Bertz CT molecular complexity index is 2590. The first-order valence-electron chi connectivity index (χ1n) is 22.4. The second-order valence-electron chi connectivity index (χ2n) is 18.2. The zero-order valence-electron chi connectivity index (χ0n) is 36.0. The summed E-state index contributed by atoms with van der Waals surface area (Å²) in [6.45, 7) is 4.14. The summed E-state index contributed by atoms with van der Waals surface area (Å²) in [5.74, 6) is -0.665. The molecule has 8 heterocycles. The van der Waals surface area contributed by atoms with E-state index in [0.717, 1.165) is 87.8 Å². The first-order chi connectivity index (χ1) is 30.9. The van der Waals surface area contributed by atoms with Gasteiger partial charge < -0.3 is 25.2 Å². The number of likely N-dealkylation sites (tertiary alicyclic amines) is 1. The number of morpholine rings is 1. The van der Waals surface area contributed by atoms with Crippen LogP contribution < -0.4 is 20.9 Å². The molecule has 1 aromatic carbocycles. The van der Waals surface area contributed by atoms with Crippen molar-refractivity contribution in [3.63, 3.8) is 0 Å². The maximum absolute atomic E-state index is 14.3. The van der Waals surface area contributed by atoms with Gasteiger partial charge in [0.15, 0.2) is 11.3 Å². The number of hydrogen-bond donors (Lipinski definition) is 3. The highest BCUT2D eigenvalue weighted by Crippen LogP contribution is 2.37. The van der Waals surface area contributed by atoms with Crippen LogP contribution >= 0.6 is 0 Å². The SMILES string of the molecule is CN(CC1CCC(n2cc(NC(=O)c3cnn4ccc(N5C[C@H]6C[C@@H]5CO6)nc34)c(C(F)F)n2)CC1)C1CCN(CC(=O)Nc2cccc3c(C4CCC(=O)NC4=O)nn(C)c23)CC1. The van der Waals surface area contributed by atoms with Gasteiger partial charge >= 0.3 is 0 Å². The predicted octanol–water partition coefficient (Wildman–Crippen LogP) is 4.27. The van der Waals surface area contributed by atoms with E-state index < -0.39 is 23.9 Å². The Morgan fingerprint density at radius 3 is 2.55 bits per heavy atom. The molecule has 3 N–H and O–H groups in total.